The Bertz CT molecular complexity index is 1240. The van der Waals surface area contributed by atoms with Crippen molar-refractivity contribution < 1.29 is 9.53 Å². The predicted molar refractivity (Wildman–Crippen MR) is 133 cm³/mol. The van der Waals surface area contributed by atoms with Crippen LogP contribution in [0.3, 0.4) is 0 Å². The van der Waals surface area contributed by atoms with Crippen molar-refractivity contribution in [3.63, 3.8) is 0 Å². The molecule has 0 spiro atoms. The van der Waals surface area contributed by atoms with Gasteiger partial charge >= 0.3 is 0 Å². The minimum absolute atomic E-state index is 0.0259. The number of fused-ring (bicyclic) bond motifs is 1. The monoisotopic (exact) mass is 487 g/mol. The summed E-state index contributed by atoms with van der Waals surface area (Å²) in [6.07, 6.45) is 1.66. The van der Waals surface area contributed by atoms with Crippen LogP contribution in [0.4, 0.5) is 0 Å². The number of benzene rings is 1. The molecule has 2 aromatic heterocycles. The van der Waals surface area contributed by atoms with Gasteiger partial charge in [0.2, 0.25) is 0 Å². The van der Waals surface area contributed by atoms with Crippen LogP contribution in [0.2, 0.25) is 0 Å². The van der Waals surface area contributed by atoms with Gasteiger partial charge in [-0.15, -0.1) is 11.3 Å². The van der Waals surface area contributed by atoms with Crippen LogP contribution in [-0.4, -0.2) is 70.1 Å². The number of nitrogens with one attached hydrogen (secondary N) is 1. The maximum atomic E-state index is 13.1. The van der Waals surface area contributed by atoms with Crippen molar-refractivity contribution in [1.29, 1.82) is 0 Å². The molecule has 1 amide bonds. The first kappa shape index (κ1) is 23.7. The molecular formula is C23H29N5O3S2. The highest BCUT2D eigenvalue weighted by Gasteiger charge is 2.23. The number of aromatic amines is 1. The molecule has 1 fully saturated rings. The van der Waals surface area contributed by atoms with Crippen molar-refractivity contribution in [2.24, 2.45) is 0 Å². The summed E-state index contributed by atoms with van der Waals surface area (Å²) in [7, 11) is 1.63. The highest BCUT2D eigenvalue weighted by atomic mass is 32.1. The third-order valence-electron chi connectivity index (χ3n) is 5.91. The second-order valence-corrected chi connectivity index (χ2v) is 9.48. The number of hydrogen-bond acceptors (Lipinski definition) is 7. The first-order chi connectivity index (χ1) is 16.0. The molecule has 1 aliphatic heterocycles. The van der Waals surface area contributed by atoms with Crippen LogP contribution in [0.1, 0.15) is 34.4 Å². The minimum atomic E-state index is -0.147. The van der Waals surface area contributed by atoms with E-state index in [1.54, 1.807) is 41.2 Å². The fourth-order valence-corrected chi connectivity index (χ4v) is 5.08. The fraction of sp³-hybridized carbons (Fsp3) is 0.478. The van der Waals surface area contributed by atoms with E-state index in [1.165, 1.54) is 0 Å². The van der Waals surface area contributed by atoms with Crippen LogP contribution < -0.4 is 5.56 Å². The maximum Gasteiger partial charge on any atom is 0.262 e. The number of aryl methyl sites for hydroxylation is 1. The average molecular weight is 488 g/mol. The number of nitrogens with zero attached hydrogens (tertiary/aromatic N) is 4. The second kappa shape index (κ2) is 10.7. The quantitative estimate of drug-likeness (QED) is 0.388. The second-order valence-electron chi connectivity index (χ2n) is 8.15. The first-order valence-corrected chi connectivity index (χ1v) is 12.5. The smallest absolute Gasteiger partial charge is 0.262 e. The number of thiazole rings is 1. The van der Waals surface area contributed by atoms with Gasteiger partial charge in [0.15, 0.2) is 4.77 Å². The van der Waals surface area contributed by atoms with Gasteiger partial charge in [-0.1, -0.05) is 6.92 Å². The van der Waals surface area contributed by atoms with Gasteiger partial charge in [0.05, 0.1) is 21.6 Å². The van der Waals surface area contributed by atoms with Crippen molar-refractivity contribution in [3.8, 4) is 0 Å². The number of ether oxygens (including phenoxy) is 1. The number of hydrogen-bond donors (Lipinski definition) is 1. The summed E-state index contributed by atoms with van der Waals surface area (Å²) in [6.45, 7) is 6.94. The van der Waals surface area contributed by atoms with Crippen LogP contribution in [0.5, 0.6) is 0 Å². The van der Waals surface area contributed by atoms with E-state index in [0.29, 0.717) is 53.9 Å². The summed E-state index contributed by atoms with van der Waals surface area (Å²) in [5, 5.41) is 3.81. The lowest BCUT2D eigenvalue weighted by Crippen LogP contribution is -2.48. The molecule has 0 unspecified atom stereocenters. The molecule has 1 aromatic carbocycles. The Balaban J connectivity index is 1.43. The topological polar surface area (TPSA) is 83.5 Å². The Morgan fingerprint density at radius 3 is 2.76 bits per heavy atom. The summed E-state index contributed by atoms with van der Waals surface area (Å²) < 4.78 is 6.97. The Kier molecular flexibility index (Phi) is 7.69. The third-order valence-corrected chi connectivity index (χ3v) is 7.27. The van der Waals surface area contributed by atoms with E-state index in [9.17, 15) is 9.59 Å². The third kappa shape index (κ3) is 5.40. The van der Waals surface area contributed by atoms with Crippen molar-refractivity contribution in [3.05, 3.63) is 55.0 Å². The number of carbonyl (C=O) groups excluding carboxylic acids is 1. The van der Waals surface area contributed by atoms with Gasteiger partial charge in [-0.2, -0.15) is 0 Å². The molecule has 10 heteroatoms. The lowest BCUT2D eigenvalue weighted by molar-refractivity contribution is 0.0627. The highest BCUT2D eigenvalue weighted by molar-refractivity contribution is 7.71. The molecule has 3 aromatic rings. The Morgan fingerprint density at radius 1 is 1.27 bits per heavy atom. The lowest BCUT2D eigenvalue weighted by Gasteiger charge is -2.34. The van der Waals surface area contributed by atoms with Gasteiger partial charge in [-0.05, 0) is 43.3 Å². The Hall–Kier alpha value is -2.40. The van der Waals surface area contributed by atoms with Gasteiger partial charge in [0.1, 0.15) is 0 Å². The number of carbonyl (C=O) groups is 1. The van der Waals surface area contributed by atoms with E-state index in [2.05, 4.69) is 27.2 Å². The van der Waals surface area contributed by atoms with Crippen molar-refractivity contribution in [2.45, 2.75) is 32.9 Å². The zero-order valence-corrected chi connectivity index (χ0v) is 20.6. The molecular weight excluding hydrogens is 458 g/mol. The largest absolute Gasteiger partial charge is 0.385 e. The van der Waals surface area contributed by atoms with Gasteiger partial charge < -0.3 is 14.6 Å². The van der Waals surface area contributed by atoms with E-state index in [4.69, 9.17) is 17.0 Å². The molecule has 1 N–H and O–H groups in total. The number of aromatic nitrogens is 3. The molecule has 8 nitrogen and oxygen atoms in total. The Labute approximate surface area is 201 Å². The summed E-state index contributed by atoms with van der Waals surface area (Å²) in [4.78, 5) is 38.0. The molecule has 1 saturated heterocycles. The number of amides is 1. The van der Waals surface area contributed by atoms with Gasteiger partial charge in [-0.3, -0.25) is 19.1 Å². The minimum Gasteiger partial charge on any atom is -0.385 e. The summed E-state index contributed by atoms with van der Waals surface area (Å²) >= 11 is 7.09. The molecule has 176 valence electrons. The first-order valence-electron chi connectivity index (χ1n) is 11.2. The van der Waals surface area contributed by atoms with Crippen LogP contribution in [0.15, 0.2) is 28.4 Å². The predicted octanol–water partition coefficient (Wildman–Crippen LogP) is 3.07. The highest BCUT2D eigenvalue weighted by Crippen LogP contribution is 2.17. The van der Waals surface area contributed by atoms with Crippen molar-refractivity contribution in [2.75, 3.05) is 39.9 Å². The zero-order chi connectivity index (χ0) is 23.4. The van der Waals surface area contributed by atoms with E-state index >= 15 is 0 Å². The van der Waals surface area contributed by atoms with Crippen LogP contribution in [-0.2, 0) is 24.2 Å². The normalized spacial score (nSPS) is 14.8. The standard InChI is InChI=1S/C23H29N5O3S2/c1-3-20-24-17(15-33-20)14-26-8-10-27(11-9-26)21(29)16-5-6-18-19(13-16)25-23(32)28(22(18)30)7-4-12-31-2/h5-6,13,15H,3-4,7-12,14H2,1-2H3,(H,25,32). The average Bonchev–Trinajstić information content (AvgIpc) is 3.28. The van der Waals surface area contributed by atoms with Crippen LogP contribution in [0.25, 0.3) is 10.9 Å². The molecule has 3 heterocycles. The summed E-state index contributed by atoms with van der Waals surface area (Å²) in [6, 6.07) is 5.19. The van der Waals surface area contributed by atoms with Crippen LogP contribution >= 0.6 is 23.6 Å². The molecule has 0 saturated carbocycles. The number of piperazine rings is 1. The summed E-state index contributed by atoms with van der Waals surface area (Å²) in [5.41, 5.74) is 2.11. The SMILES string of the molecule is CCc1nc(CN2CCN(C(=O)c3ccc4c(=O)n(CCCOC)c(=S)[nH]c4c3)CC2)cs1. The molecule has 0 radical (unpaired) electrons. The van der Waals surface area contributed by atoms with Gasteiger partial charge in [0, 0.05) is 63.9 Å². The zero-order valence-electron chi connectivity index (χ0n) is 19.0. The molecule has 0 bridgehead atoms. The van der Waals surface area contributed by atoms with Crippen molar-refractivity contribution in [1.82, 2.24) is 24.3 Å². The summed E-state index contributed by atoms with van der Waals surface area (Å²) in [5.74, 6) is -0.0259. The number of rotatable bonds is 8. The van der Waals surface area contributed by atoms with E-state index in [0.717, 1.165) is 36.8 Å². The van der Waals surface area contributed by atoms with E-state index < -0.39 is 0 Å². The van der Waals surface area contributed by atoms with Crippen LogP contribution in [0, 0.1) is 4.77 Å². The molecule has 0 aliphatic carbocycles. The number of H-pyrrole nitrogens is 1. The molecule has 0 atom stereocenters. The Morgan fingerprint density at radius 2 is 2.06 bits per heavy atom. The van der Waals surface area contributed by atoms with E-state index in [-0.39, 0.29) is 11.5 Å². The molecule has 33 heavy (non-hydrogen) atoms. The van der Waals surface area contributed by atoms with E-state index in [1.807, 2.05) is 4.90 Å². The lowest BCUT2D eigenvalue weighted by atomic mass is 10.1. The maximum absolute atomic E-state index is 13.1. The van der Waals surface area contributed by atoms with Gasteiger partial charge in [0.25, 0.3) is 11.5 Å². The fourth-order valence-electron chi connectivity index (χ4n) is 4.06. The van der Waals surface area contributed by atoms with Gasteiger partial charge in [-0.25, -0.2) is 4.98 Å². The molecule has 4 rings (SSSR count). The van der Waals surface area contributed by atoms with Crippen molar-refractivity contribution >= 4 is 40.4 Å². The number of methoxy groups -OCH3 is 1. The molecule has 1 aliphatic rings.